The highest BCUT2D eigenvalue weighted by molar-refractivity contribution is 7.86. The Labute approximate surface area is 138 Å². The summed E-state index contributed by atoms with van der Waals surface area (Å²) in [5, 5.41) is 0.492. The molecule has 0 spiro atoms. The third-order valence-corrected chi connectivity index (χ3v) is 7.23. The van der Waals surface area contributed by atoms with Crippen LogP contribution in [0.3, 0.4) is 0 Å². The van der Waals surface area contributed by atoms with Crippen LogP contribution in [0.2, 0.25) is 0 Å². The van der Waals surface area contributed by atoms with E-state index in [1.165, 1.54) is 0 Å². The van der Waals surface area contributed by atoms with Gasteiger partial charge in [-0.3, -0.25) is 14.0 Å². The molecule has 3 nitrogen and oxygen atoms in total. The first-order valence-electron chi connectivity index (χ1n) is 8.17. The SMILES string of the molecule is O=C(c1ccc(-c2ccccn2)cc1)C1CC2CCC(C1)S2=O. The molecule has 0 saturated carbocycles. The van der Waals surface area contributed by atoms with Crippen LogP contribution >= 0.6 is 0 Å². The monoisotopic (exact) mass is 325 g/mol. The Morgan fingerprint density at radius 3 is 2.30 bits per heavy atom. The first kappa shape index (κ1) is 14.8. The van der Waals surface area contributed by atoms with Crippen molar-refractivity contribution in [2.45, 2.75) is 36.2 Å². The topological polar surface area (TPSA) is 47.0 Å². The third kappa shape index (κ3) is 2.76. The summed E-state index contributed by atoms with van der Waals surface area (Å²) < 4.78 is 12.1. The number of ketones is 1. The van der Waals surface area contributed by atoms with E-state index in [1.807, 2.05) is 42.5 Å². The minimum absolute atomic E-state index is 0.0471. The van der Waals surface area contributed by atoms with Gasteiger partial charge in [-0.1, -0.05) is 30.3 Å². The van der Waals surface area contributed by atoms with Gasteiger partial charge in [0.2, 0.25) is 0 Å². The molecule has 2 aromatic rings. The van der Waals surface area contributed by atoms with Crippen molar-refractivity contribution in [2.75, 3.05) is 0 Å². The van der Waals surface area contributed by atoms with E-state index in [4.69, 9.17) is 0 Å². The maximum atomic E-state index is 12.8. The smallest absolute Gasteiger partial charge is 0.166 e. The van der Waals surface area contributed by atoms with Gasteiger partial charge in [-0.05, 0) is 37.8 Å². The van der Waals surface area contributed by atoms with Crippen LogP contribution in [-0.2, 0) is 10.8 Å². The summed E-state index contributed by atoms with van der Waals surface area (Å²) in [6.07, 6.45) is 5.42. The number of carbonyl (C=O) groups excluding carboxylic acids is 1. The Hall–Kier alpha value is -1.81. The molecule has 2 saturated heterocycles. The van der Waals surface area contributed by atoms with Crippen molar-refractivity contribution >= 4 is 16.6 Å². The highest BCUT2D eigenvalue weighted by atomic mass is 32.2. The highest BCUT2D eigenvalue weighted by Crippen LogP contribution is 2.39. The molecule has 1 aromatic carbocycles. The van der Waals surface area contributed by atoms with Gasteiger partial charge in [-0.2, -0.15) is 0 Å². The van der Waals surface area contributed by atoms with E-state index in [0.717, 1.165) is 42.5 Å². The molecule has 2 aliphatic heterocycles. The Morgan fingerprint density at radius 2 is 1.70 bits per heavy atom. The van der Waals surface area contributed by atoms with Gasteiger partial charge in [0, 0.05) is 44.5 Å². The van der Waals surface area contributed by atoms with E-state index >= 15 is 0 Å². The van der Waals surface area contributed by atoms with Gasteiger partial charge in [0.15, 0.2) is 5.78 Å². The molecule has 118 valence electrons. The molecule has 2 atom stereocenters. The van der Waals surface area contributed by atoms with E-state index in [2.05, 4.69) is 4.98 Å². The van der Waals surface area contributed by atoms with Crippen molar-refractivity contribution in [1.29, 1.82) is 0 Å². The van der Waals surface area contributed by atoms with Gasteiger partial charge in [0.25, 0.3) is 0 Å². The largest absolute Gasteiger partial charge is 0.294 e. The summed E-state index contributed by atoms with van der Waals surface area (Å²) in [7, 11) is -0.701. The summed E-state index contributed by atoms with van der Waals surface area (Å²) in [5.74, 6) is 0.261. The number of pyridine rings is 1. The van der Waals surface area contributed by atoms with Gasteiger partial charge >= 0.3 is 0 Å². The maximum absolute atomic E-state index is 12.8. The van der Waals surface area contributed by atoms with E-state index in [9.17, 15) is 9.00 Å². The molecule has 2 unspecified atom stereocenters. The van der Waals surface area contributed by atoms with Crippen LogP contribution in [0.15, 0.2) is 48.7 Å². The van der Waals surface area contributed by atoms with Crippen LogP contribution in [0.1, 0.15) is 36.0 Å². The molecular formula is C19H19NO2S. The molecule has 0 amide bonds. The van der Waals surface area contributed by atoms with Crippen LogP contribution in [0.25, 0.3) is 11.3 Å². The second-order valence-electron chi connectivity index (χ2n) is 6.47. The lowest BCUT2D eigenvalue weighted by Gasteiger charge is -2.26. The number of hydrogen-bond donors (Lipinski definition) is 0. The molecule has 2 bridgehead atoms. The zero-order valence-corrected chi connectivity index (χ0v) is 13.7. The predicted molar refractivity (Wildman–Crippen MR) is 91.7 cm³/mol. The van der Waals surface area contributed by atoms with Crippen molar-refractivity contribution in [3.63, 3.8) is 0 Å². The van der Waals surface area contributed by atoms with Crippen molar-refractivity contribution < 1.29 is 9.00 Å². The second kappa shape index (κ2) is 6.00. The minimum atomic E-state index is -0.701. The number of carbonyl (C=O) groups is 1. The van der Waals surface area contributed by atoms with Crippen molar-refractivity contribution in [3.05, 3.63) is 54.2 Å². The molecule has 0 N–H and O–H groups in total. The lowest BCUT2D eigenvalue weighted by atomic mass is 9.90. The second-order valence-corrected chi connectivity index (χ2v) is 8.47. The predicted octanol–water partition coefficient (Wildman–Crippen LogP) is 3.62. The Balaban J connectivity index is 1.52. The number of nitrogens with zero attached hydrogens (tertiary/aromatic N) is 1. The highest BCUT2D eigenvalue weighted by Gasteiger charge is 2.42. The molecule has 1 aromatic heterocycles. The van der Waals surface area contributed by atoms with Crippen LogP contribution < -0.4 is 0 Å². The van der Waals surface area contributed by atoms with Gasteiger partial charge in [-0.15, -0.1) is 0 Å². The van der Waals surface area contributed by atoms with E-state index in [-0.39, 0.29) is 22.2 Å². The zero-order chi connectivity index (χ0) is 15.8. The van der Waals surface area contributed by atoms with Crippen molar-refractivity contribution in [3.8, 4) is 11.3 Å². The molecule has 3 heterocycles. The third-order valence-electron chi connectivity index (χ3n) is 5.06. The normalized spacial score (nSPS) is 29.4. The lowest BCUT2D eigenvalue weighted by molar-refractivity contribution is 0.0906. The fourth-order valence-electron chi connectivity index (χ4n) is 3.82. The summed E-state index contributed by atoms with van der Waals surface area (Å²) in [6.45, 7) is 0. The van der Waals surface area contributed by atoms with E-state index in [0.29, 0.717) is 0 Å². The number of Topliss-reactive ketones (excluding diaryl/α,β-unsaturated/α-hetero) is 1. The minimum Gasteiger partial charge on any atom is -0.294 e. The molecule has 2 fully saturated rings. The van der Waals surface area contributed by atoms with Crippen LogP contribution in [-0.4, -0.2) is 25.5 Å². The standard InChI is InChI=1S/C19H19NO2S/c21-19(15-11-16-8-9-17(12-15)23(16)22)14-6-4-13(5-7-14)18-3-1-2-10-20-18/h1-7,10,15-17H,8-9,11-12H2. The van der Waals surface area contributed by atoms with Gasteiger partial charge in [-0.25, -0.2) is 0 Å². The summed E-state index contributed by atoms with van der Waals surface area (Å²) in [6, 6.07) is 13.5. The van der Waals surface area contributed by atoms with Crippen LogP contribution in [0.5, 0.6) is 0 Å². The number of benzene rings is 1. The zero-order valence-electron chi connectivity index (χ0n) is 12.9. The maximum Gasteiger partial charge on any atom is 0.166 e. The Bertz CT molecular complexity index is 726. The van der Waals surface area contributed by atoms with Crippen LogP contribution in [0, 0.1) is 5.92 Å². The van der Waals surface area contributed by atoms with Gasteiger partial charge in [0.1, 0.15) is 0 Å². The molecule has 0 radical (unpaired) electrons. The molecule has 4 rings (SSSR count). The summed E-state index contributed by atoms with van der Waals surface area (Å²) in [5.41, 5.74) is 2.70. The number of fused-ring (bicyclic) bond motifs is 2. The lowest BCUT2D eigenvalue weighted by Crippen LogP contribution is -2.32. The van der Waals surface area contributed by atoms with Crippen molar-refractivity contribution in [1.82, 2.24) is 4.98 Å². The molecular weight excluding hydrogens is 306 g/mol. The fraction of sp³-hybridized carbons (Fsp3) is 0.368. The molecule has 0 aliphatic carbocycles. The molecule has 4 heteroatoms. The van der Waals surface area contributed by atoms with Gasteiger partial charge < -0.3 is 0 Å². The molecule has 2 aliphatic rings. The first-order valence-corrected chi connectivity index (χ1v) is 9.45. The number of aromatic nitrogens is 1. The summed E-state index contributed by atoms with van der Waals surface area (Å²) in [4.78, 5) is 17.1. The van der Waals surface area contributed by atoms with E-state index in [1.54, 1.807) is 6.20 Å². The van der Waals surface area contributed by atoms with Crippen molar-refractivity contribution in [2.24, 2.45) is 5.92 Å². The molecule has 23 heavy (non-hydrogen) atoms. The average molecular weight is 325 g/mol. The number of hydrogen-bond acceptors (Lipinski definition) is 3. The Kier molecular flexibility index (Phi) is 3.85. The summed E-state index contributed by atoms with van der Waals surface area (Å²) >= 11 is 0. The average Bonchev–Trinajstić information content (AvgIpc) is 2.83. The van der Waals surface area contributed by atoms with Gasteiger partial charge in [0.05, 0.1) is 5.69 Å². The van der Waals surface area contributed by atoms with Crippen LogP contribution in [0.4, 0.5) is 0 Å². The first-order chi connectivity index (χ1) is 11.2. The fourth-order valence-corrected chi connectivity index (χ4v) is 5.95. The Morgan fingerprint density at radius 1 is 1.00 bits per heavy atom. The quantitative estimate of drug-likeness (QED) is 0.810. The van der Waals surface area contributed by atoms with E-state index < -0.39 is 10.8 Å². The number of rotatable bonds is 3.